The van der Waals surface area contributed by atoms with Crippen molar-refractivity contribution < 1.29 is 12.3 Å². The average molecular weight is 178 g/mol. The summed E-state index contributed by atoms with van der Waals surface area (Å²) in [7, 11) is -4.56. The van der Waals surface area contributed by atoms with E-state index < -0.39 is 10.4 Å². The second kappa shape index (κ2) is 2.75. The Labute approximate surface area is 64.6 Å². The monoisotopic (exact) mass is 178 g/mol. The SMILES string of the molecule is N#CC1CCN(S(=O)(=O)F)C1. The van der Waals surface area contributed by atoms with Crippen molar-refractivity contribution in [2.24, 2.45) is 5.92 Å². The Morgan fingerprint density at radius 3 is 2.55 bits per heavy atom. The first-order chi connectivity index (χ1) is 5.04. The molecule has 0 amide bonds. The Morgan fingerprint density at radius 1 is 1.64 bits per heavy atom. The van der Waals surface area contributed by atoms with Gasteiger partial charge in [-0.2, -0.15) is 18.0 Å². The van der Waals surface area contributed by atoms with Gasteiger partial charge in [-0.15, -0.1) is 0 Å². The summed E-state index contributed by atoms with van der Waals surface area (Å²) in [6.45, 7) is 0.117. The average Bonchev–Trinajstić information content (AvgIpc) is 2.32. The van der Waals surface area contributed by atoms with Gasteiger partial charge in [-0.1, -0.05) is 3.89 Å². The first kappa shape index (κ1) is 8.43. The van der Waals surface area contributed by atoms with Gasteiger partial charge >= 0.3 is 10.4 Å². The molecule has 0 spiro atoms. The van der Waals surface area contributed by atoms with Crippen LogP contribution in [0.1, 0.15) is 6.42 Å². The molecule has 0 aromatic carbocycles. The minimum atomic E-state index is -4.56. The molecule has 4 nitrogen and oxygen atoms in total. The van der Waals surface area contributed by atoms with Crippen LogP contribution in [0.15, 0.2) is 0 Å². The summed E-state index contributed by atoms with van der Waals surface area (Å²) in [6, 6.07) is 1.89. The third-order valence-electron chi connectivity index (χ3n) is 1.64. The molecular weight excluding hydrogens is 171 g/mol. The fraction of sp³-hybridized carbons (Fsp3) is 0.800. The minimum Gasteiger partial charge on any atom is -0.198 e. The van der Waals surface area contributed by atoms with E-state index in [2.05, 4.69) is 0 Å². The summed E-state index contributed by atoms with van der Waals surface area (Å²) in [5.41, 5.74) is 0. The fourth-order valence-corrected chi connectivity index (χ4v) is 1.71. The first-order valence-electron chi connectivity index (χ1n) is 3.13. The molecule has 1 atom stereocenters. The van der Waals surface area contributed by atoms with Crippen LogP contribution >= 0.6 is 0 Å². The van der Waals surface area contributed by atoms with E-state index in [0.29, 0.717) is 10.7 Å². The maximum absolute atomic E-state index is 12.2. The number of hydrogen-bond donors (Lipinski definition) is 0. The highest BCUT2D eigenvalue weighted by atomic mass is 32.3. The van der Waals surface area contributed by atoms with Crippen LogP contribution in [0.25, 0.3) is 0 Å². The van der Waals surface area contributed by atoms with Crippen LogP contribution in [0.4, 0.5) is 3.89 Å². The molecule has 1 fully saturated rings. The molecule has 0 aromatic rings. The summed E-state index contributed by atoms with van der Waals surface area (Å²) in [5.74, 6) is -0.347. The lowest BCUT2D eigenvalue weighted by Gasteiger charge is -2.06. The largest absolute Gasteiger partial charge is 0.374 e. The zero-order chi connectivity index (χ0) is 8.48. The normalized spacial score (nSPS) is 26.7. The summed E-state index contributed by atoms with van der Waals surface area (Å²) in [5, 5.41) is 8.36. The Bertz CT molecular complexity index is 281. The molecular formula is C5H7FN2O2S. The number of rotatable bonds is 1. The zero-order valence-corrected chi connectivity index (χ0v) is 6.51. The van der Waals surface area contributed by atoms with Gasteiger partial charge in [-0.25, -0.2) is 0 Å². The van der Waals surface area contributed by atoms with Crippen LogP contribution < -0.4 is 0 Å². The van der Waals surface area contributed by atoms with E-state index in [1.54, 1.807) is 0 Å². The van der Waals surface area contributed by atoms with Gasteiger partial charge in [0.2, 0.25) is 0 Å². The summed E-state index contributed by atoms with van der Waals surface area (Å²) in [4.78, 5) is 0. The standard InChI is InChI=1S/C5H7FN2O2S/c6-11(9,10)8-2-1-5(3-7)4-8/h5H,1-2,4H2. The fourth-order valence-electron chi connectivity index (χ4n) is 1.03. The highest BCUT2D eigenvalue weighted by Gasteiger charge is 2.30. The van der Waals surface area contributed by atoms with Crippen molar-refractivity contribution in [2.75, 3.05) is 13.1 Å². The van der Waals surface area contributed by atoms with E-state index in [4.69, 9.17) is 5.26 Å². The number of nitriles is 1. The lowest BCUT2D eigenvalue weighted by molar-refractivity contribution is 0.433. The molecule has 0 aromatic heterocycles. The number of halogens is 1. The summed E-state index contributed by atoms with van der Waals surface area (Å²) < 4.78 is 33.4. The van der Waals surface area contributed by atoms with Gasteiger partial charge < -0.3 is 0 Å². The molecule has 1 aliphatic heterocycles. The maximum Gasteiger partial charge on any atom is 0.374 e. The third-order valence-corrected chi connectivity index (χ3v) is 2.59. The second-order valence-electron chi connectivity index (χ2n) is 2.41. The van der Waals surface area contributed by atoms with E-state index in [0.717, 1.165) is 0 Å². The molecule has 1 aliphatic rings. The van der Waals surface area contributed by atoms with E-state index >= 15 is 0 Å². The molecule has 1 saturated heterocycles. The van der Waals surface area contributed by atoms with Crippen LogP contribution in [-0.2, 0) is 10.4 Å². The van der Waals surface area contributed by atoms with Crippen molar-refractivity contribution in [3.63, 3.8) is 0 Å². The topological polar surface area (TPSA) is 61.2 Å². The van der Waals surface area contributed by atoms with E-state index in [-0.39, 0.29) is 19.0 Å². The van der Waals surface area contributed by atoms with Crippen molar-refractivity contribution in [1.82, 2.24) is 4.31 Å². The predicted molar refractivity (Wildman–Crippen MR) is 35.3 cm³/mol. The predicted octanol–water partition coefficient (Wildman–Crippen LogP) is 0.0462. The first-order valence-corrected chi connectivity index (χ1v) is 4.47. The quantitative estimate of drug-likeness (QED) is 0.533. The molecule has 62 valence electrons. The third kappa shape index (κ3) is 1.88. The Kier molecular flexibility index (Phi) is 2.11. The second-order valence-corrected chi connectivity index (χ2v) is 3.76. The van der Waals surface area contributed by atoms with Gasteiger partial charge in [0.05, 0.1) is 12.0 Å². The van der Waals surface area contributed by atoms with Crippen LogP contribution in [0.5, 0.6) is 0 Å². The maximum atomic E-state index is 12.2. The summed E-state index contributed by atoms with van der Waals surface area (Å²) >= 11 is 0. The molecule has 0 N–H and O–H groups in total. The van der Waals surface area contributed by atoms with Crippen LogP contribution in [0.3, 0.4) is 0 Å². The molecule has 0 radical (unpaired) electrons. The molecule has 1 rings (SSSR count). The highest BCUT2D eigenvalue weighted by molar-refractivity contribution is 7.83. The summed E-state index contributed by atoms with van der Waals surface area (Å²) in [6.07, 6.45) is 0.430. The van der Waals surface area contributed by atoms with Gasteiger partial charge in [0.15, 0.2) is 0 Å². The van der Waals surface area contributed by atoms with Gasteiger partial charge in [-0.05, 0) is 6.42 Å². The molecule has 6 heteroatoms. The molecule has 0 saturated carbocycles. The lowest BCUT2D eigenvalue weighted by Crippen LogP contribution is -2.24. The van der Waals surface area contributed by atoms with Crippen molar-refractivity contribution in [3.8, 4) is 6.07 Å². The van der Waals surface area contributed by atoms with Gasteiger partial charge in [0.25, 0.3) is 0 Å². The smallest absolute Gasteiger partial charge is 0.198 e. The molecule has 11 heavy (non-hydrogen) atoms. The molecule has 1 heterocycles. The van der Waals surface area contributed by atoms with E-state index in [1.165, 1.54) is 0 Å². The van der Waals surface area contributed by atoms with Crippen LogP contribution in [0.2, 0.25) is 0 Å². The van der Waals surface area contributed by atoms with Gasteiger partial charge in [0, 0.05) is 13.1 Å². The number of hydrogen-bond acceptors (Lipinski definition) is 3. The molecule has 0 aliphatic carbocycles. The van der Waals surface area contributed by atoms with Crippen LogP contribution in [-0.4, -0.2) is 25.8 Å². The zero-order valence-electron chi connectivity index (χ0n) is 5.70. The number of nitrogens with zero attached hydrogens (tertiary/aromatic N) is 2. The van der Waals surface area contributed by atoms with Crippen molar-refractivity contribution in [1.29, 1.82) is 5.26 Å². The van der Waals surface area contributed by atoms with E-state index in [1.807, 2.05) is 6.07 Å². The van der Waals surface area contributed by atoms with Gasteiger partial charge in [-0.3, -0.25) is 0 Å². The highest BCUT2D eigenvalue weighted by Crippen LogP contribution is 2.18. The van der Waals surface area contributed by atoms with E-state index in [9.17, 15) is 12.3 Å². The van der Waals surface area contributed by atoms with Crippen molar-refractivity contribution >= 4 is 10.4 Å². The van der Waals surface area contributed by atoms with Gasteiger partial charge in [0.1, 0.15) is 0 Å². The molecule has 1 unspecified atom stereocenters. The Morgan fingerprint density at radius 2 is 2.27 bits per heavy atom. The Hall–Kier alpha value is -0.670. The van der Waals surface area contributed by atoms with Crippen LogP contribution in [0, 0.1) is 17.2 Å². The minimum absolute atomic E-state index is 0.00463. The van der Waals surface area contributed by atoms with Crippen molar-refractivity contribution in [3.05, 3.63) is 0 Å². The lowest BCUT2D eigenvalue weighted by atomic mass is 10.1. The van der Waals surface area contributed by atoms with Crippen molar-refractivity contribution in [2.45, 2.75) is 6.42 Å². The molecule has 0 bridgehead atoms. The Balaban J connectivity index is 2.64.